The number of hydrogen-bond acceptors (Lipinski definition) is 4. The lowest BCUT2D eigenvalue weighted by molar-refractivity contribution is -0.136. The number of aromatic nitrogens is 2. The molecule has 0 aliphatic heterocycles. The molecule has 22 heavy (non-hydrogen) atoms. The Labute approximate surface area is 137 Å². The summed E-state index contributed by atoms with van der Waals surface area (Å²) < 4.78 is 45.6. The van der Waals surface area contributed by atoms with E-state index < -0.39 is 22.9 Å². The van der Waals surface area contributed by atoms with Gasteiger partial charge in [-0.25, -0.2) is 4.98 Å². The zero-order chi connectivity index (χ0) is 16.3. The van der Waals surface area contributed by atoms with Gasteiger partial charge in [-0.2, -0.15) is 13.2 Å². The van der Waals surface area contributed by atoms with Crippen LogP contribution in [0.4, 0.5) is 13.2 Å². The third-order valence-corrected chi connectivity index (χ3v) is 3.67. The van der Waals surface area contributed by atoms with Crippen molar-refractivity contribution in [3.05, 3.63) is 43.5 Å². The second-order valence-electron chi connectivity index (χ2n) is 4.53. The number of alkyl halides is 3. The summed E-state index contributed by atoms with van der Waals surface area (Å²) >= 11 is 1.75. The van der Waals surface area contributed by atoms with Crippen LogP contribution in [0.1, 0.15) is 11.1 Å². The fourth-order valence-electron chi connectivity index (χ4n) is 1.93. The van der Waals surface area contributed by atoms with E-state index in [1.807, 2.05) is 0 Å². The molecule has 2 aromatic rings. The van der Waals surface area contributed by atoms with Crippen molar-refractivity contribution in [2.24, 2.45) is 0 Å². The third-order valence-electron chi connectivity index (χ3n) is 2.93. The van der Waals surface area contributed by atoms with Gasteiger partial charge in [-0.3, -0.25) is 9.20 Å². The van der Waals surface area contributed by atoms with Crippen LogP contribution in [-0.4, -0.2) is 29.6 Å². The molecule has 120 valence electrons. The molecule has 0 saturated carbocycles. The lowest BCUT2D eigenvalue weighted by Crippen LogP contribution is -2.24. The number of hydrogen-bond donors (Lipinski definition) is 1. The maximum absolute atomic E-state index is 13.2. The summed E-state index contributed by atoms with van der Waals surface area (Å²) in [4.78, 5) is 15.8. The largest absolute Gasteiger partial charge is 0.419 e. The molecule has 0 aromatic carbocycles. The Kier molecular flexibility index (Phi) is 5.40. The van der Waals surface area contributed by atoms with Gasteiger partial charge in [0.05, 0.1) is 15.7 Å². The Morgan fingerprint density at radius 1 is 1.45 bits per heavy atom. The normalized spacial score (nSPS) is 12.0. The van der Waals surface area contributed by atoms with Crippen molar-refractivity contribution in [2.45, 2.75) is 12.7 Å². The van der Waals surface area contributed by atoms with Crippen LogP contribution < -0.4 is 10.9 Å². The van der Waals surface area contributed by atoms with E-state index >= 15 is 0 Å². The smallest absolute Gasteiger partial charge is 0.383 e. The van der Waals surface area contributed by atoms with Gasteiger partial charge in [-0.05, 0) is 34.2 Å². The van der Waals surface area contributed by atoms with Gasteiger partial charge in [-0.15, -0.1) is 0 Å². The molecule has 0 aliphatic rings. The van der Waals surface area contributed by atoms with E-state index in [0.717, 1.165) is 16.7 Å². The summed E-state index contributed by atoms with van der Waals surface area (Å²) in [5.74, 6) is 0. The van der Waals surface area contributed by atoms with Crippen molar-refractivity contribution in [3.63, 3.8) is 0 Å². The highest BCUT2D eigenvalue weighted by Gasteiger charge is 2.34. The second kappa shape index (κ2) is 6.92. The highest BCUT2D eigenvalue weighted by molar-refractivity contribution is 14.1. The molecule has 2 rings (SSSR count). The molecule has 0 amide bonds. The van der Waals surface area contributed by atoms with Gasteiger partial charge in [0.25, 0.3) is 5.56 Å². The van der Waals surface area contributed by atoms with E-state index in [2.05, 4.69) is 10.3 Å². The summed E-state index contributed by atoms with van der Waals surface area (Å²) in [6, 6.07) is 1.01. The van der Waals surface area contributed by atoms with E-state index in [1.165, 1.54) is 13.3 Å². The van der Waals surface area contributed by atoms with Crippen molar-refractivity contribution in [1.29, 1.82) is 0 Å². The first-order valence-corrected chi connectivity index (χ1v) is 7.39. The molecule has 5 nitrogen and oxygen atoms in total. The van der Waals surface area contributed by atoms with Crippen molar-refractivity contribution >= 4 is 28.2 Å². The second-order valence-corrected chi connectivity index (χ2v) is 5.70. The molecule has 9 heteroatoms. The number of rotatable bonds is 5. The molecule has 1 N–H and O–H groups in total. The van der Waals surface area contributed by atoms with Crippen molar-refractivity contribution in [1.82, 2.24) is 14.7 Å². The molecular formula is C13H13F3IN3O2. The minimum Gasteiger partial charge on any atom is -0.383 e. The number of nitrogens with zero attached hydrogens (tertiary/aromatic N) is 2. The van der Waals surface area contributed by atoms with Crippen LogP contribution in [-0.2, 0) is 17.5 Å². The van der Waals surface area contributed by atoms with Gasteiger partial charge in [0.1, 0.15) is 0 Å². The first-order chi connectivity index (χ1) is 10.3. The number of nitrogens with one attached hydrogen (secondary N) is 1. The topological polar surface area (TPSA) is 55.6 Å². The number of ether oxygens (including phenoxy) is 1. The molecule has 0 atom stereocenters. The fraction of sp³-hybridized carbons (Fsp3) is 0.385. The highest BCUT2D eigenvalue weighted by Crippen LogP contribution is 2.32. The molecule has 0 unspecified atom stereocenters. The molecule has 0 fully saturated rings. The number of methoxy groups -OCH3 is 1. The maximum atomic E-state index is 13.2. The van der Waals surface area contributed by atoms with E-state index in [1.54, 1.807) is 22.6 Å². The van der Waals surface area contributed by atoms with E-state index in [4.69, 9.17) is 4.74 Å². The van der Waals surface area contributed by atoms with Crippen molar-refractivity contribution < 1.29 is 17.9 Å². The molecule has 2 heterocycles. The number of fused-ring (bicyclic) bond motifs is 1. The van der Waals surface area contributed by atoms with Crippen LogP contribution in [0.2, 0.25) is 0 Å². The first-order valence-electron chi connectivity index (χ1n) is 6.31. The molecule has 0 aliphatic carbocycles. The predicted octanol–water partition coefficient (Wildman–Crippen LogP) is 2.05. The average molecular weight is 427 g/mol. The van der Waals surface area contributed by atoms with Crippen LogP contribution in [0.15, 0.2) is 23.3 Å². The summed E-state index contributed by atoms with van der Waals surface area (Å²) in [5.41, 5.74) is -1.48. The molecule has 0 spiro atoms. The van der Waals surface area contributed by atoms with Gasteiger partial charge < -0.3 is 10.1 Å². The van der Waals surface area contributed by atoms with Gasteiger partial charge in [-0.1, -0.05) is 0 Å². The summed E-state index contributed by atoms with van der Waals surface area (Å²) in [7, 11) is 1.53. The van der Waals surface area contributed by atoms with Gasteiger partial charge in [0, 0.05) is 32.6 Å². The van der Waals surface area contributed by atoms with Crippen LogP contribution in [0.25, 0.3) is 5.65 Å². The number of halogens is 4. The van der Waals surface area contributed by atoms with Crippen LogP contribution >= 0.6 is 22.6 Å². The standard InChI is InChI=1S/C13H13F3IN3O2/c1-22-3-2-18-5-8-4-9(13(14,15)16)11-19-6-10(17)12(21)20(11)7-8/h4,6-7,18H,2-3,5H2,1H3. The molecule has 2 aromatic heterocycles. The summed E-state index contributed by atoms with van der Waals surface area (Å²) in [5, 5.41) is 2.95. The van der Waals surface area contributed by atoms with E-state index in [0.29, 0.717) is 18.7 Å². The zero-order valence-corrected chi connectivity index (χ0v) is 13.7. The van der Waals surface area contributed by atoms with Gasteiger partial charge in [0.2, 0.25) is 0 Å². The van der Waals surface area contributed by atoms with Gasteiger partial charge in [0.15, 0.2) is 5.65 Å². The molecule has 0 radical (unpaired) electrons. The third kappa shape index (κ3) is 3.76. The van der Waals surface area contributed by atoms with Crippen LogP contribution in [0.3, 0.4) is 0 Å². The Morgan fingerprint density at radius 2 is 2.18 bits per heavy atom. The Bertz CT molecular complexity index is 731. The Balaban J connectivity index is 2.51. The fourth-order valence-corrected chi connectivity index (χ4v) is 2.33. The minimum atomic E-state index is -4.58. The highest BCUT2D eigenvalue weighted by atomic mass is 127. The zero-order valence-electron chi connectivity index (χ0n) is 11.6. The molecule has 0 saturated heterocycles. The SMILES string of the molecule is COCCNCc1cc(C(F)(F)F)c2ncc(I)c(=O)n2c1. The Morgan fingerprint density at radius 3 is 2.82 bits per heavy atom. The van der Waals surface area contributed by atoms with E-state index in [9.17, 15) is 18.0 Å². The first kappa shape index (κ1) is 17.2. The minimum absolute atomic E-state index is 0.195. The summed E-state index contributed by atoms with van der Waals surface area (Å²) in [6.45, 7) is 1.13. The quantitative estimate of drug-likeness (QED) is 0.587. The van der Waals surface area contributed by atoms with Crippen molar-refractivity contribution in [2.75, 3.05) is 20.3 Å². The van der Waals surface area contributed by atoms with Gasteiger partial charge >= 0.3 is 6.18 Å². The van der Waals surface area contributed by atoms with E-state index in [-0.39, 0.29) is 10.1 Å². The summed E-state index contributed by atoms with van der Waals surface area (Å²) in [6.07, 6.45) is -2.06. The average Bonchev–Trinajstić information content (AvgIpc) is 2.46. The monoisotopic (exact) mass is 427 g/mol. The molecular weight excluding hydrogens is 414 g/mol. The predicted molar refractivity (Wildman–Crippen MR) is 82.8 cm³/mol. The number of pyridine rings is 1. The lowest BCUT2D eigenvalue weighted by atomic mass is 10.1. The van der Waals surface area contributed by atoms with Crippen molar-refractivity contribution in [3.8, 4) is 0 Å². The van der Waals surface area contributed by atoms with Crippen LogP contribution in [0.5, 0.6) is 0 Å². The lowest BCUT2D eigenvalue weighted by Gasteiger charge is -2.13. The molecule has 0 bridgehead atoms. The Hall–Kier alpha value is -1.20. The maximum Gasteiger partial charge on any atom is 0.419 e. The van der Waals surface area contributed by atoms with Crippen LogP contribution in [0, 0.1) is 3.57 Å².